The molecule has 0 fully saturated rings. The molecule has 0 aromatic rings. The second-order valence-corrected chi connectivity index (χ2v) is 6.77. The number of rotatable bonds is 17. The molecule has 3 heteroatoms. The van der Waals surface area contributed by atoms with Crippen LogP contribution in [-0.2, 0) is 9.93 Å². The zero-order valence-electron chi connectivity index (χ0n) is 15.4. The fourth-order valence-corrected chi connectivity index (χ4v) is 3.16. The molecule has 134 valence electrons. The Bertz CT molecular complexity index is 211. The van der Waals surface area contributed by atoms with E-state index in [1.807, 2.05) is 0 Å². The molecule has 22 heavy (non-hydrogen) atoms. The summed E-state index contributed by atoms with van der Waals surface area (Å²) in [6, 6.07) is 0. The maximum atomic E-state index is 8.80. The lowest BCUT2D eigenvalue weighted by Crippen LogP contribution is -2.32. The van der Waals surface area contributed by atoms with Gasteiger partial charge in [0.15, 0.2) is 0 Å². The van der Waals surface area contributed by atoms with Crippen molar-refractivity contribution in [1.82, 2.24) is 0 Å². The van der Waals surface area contributed by atoms with Crippen LogP contribution < -0.4 is 0 Å². The van der Waals surface area contributed by atoms with Crippen molar-refractivity contribution in [1.29, 1.82) is 0 Å². The molecule has 0 aliphatic heterocycles. The molecule has 0 rings (SSSR count). The van der Waals surface area contributed by atoms with E-state index in [1.54, 1.807) is 0 Å². The van der Waals surface area contributed by atoms with Gasteiger partial charge in [0, 0.05) is 0 Å². The molecule has 0 heterocycles. The number of unbranched alkanes of at least 4 members (excludes halogenated alkanes) is 9. The van der Waals surface area contributed by atoms with Crippen LogP contribution in [0.2, 0.25) is 0 Å². The highest BCUT2D eigenvalue weighted by Gasteiger charge is 2.31. The Balaban J connectivity index is 4.03. The number of hydrogen-bond donors (Lipinski definition) is 1. The zero-order chi connectivity index (χ0) is 16.5. The van der Waals surface area contributed by atoms with Crippen molar-refractivity contribution in [3.8, 4) is 0 Å². The van der Waals surface area contributed by atoms with E-state index in [0.29, 0.717) is 0 Å². The highest BCUT2D eigenvalue weighted by Crippen LogP contribution is 2.32. The molecule has 0 amide bonds. The quantitative estimate of drug-likeness (QED) is 0.177. The summed E-state index contributed by atoms with van der Waals surface area (Å²) in [5.41, 5.74) is -0.275. The first kappa shape index (κ1) is 21.9. The molecular formula is C19H40O3. The Morgan fingerprint density at radius 3 is 1.45 bits per heavy atom. The van der Waals surface area contributed by atoms with Crippen LogP contribution in [0.3, 0.4) is 0 Å². The van der Waals surface area contributed by atoms with Gasteiger partial charge >= 0.3 is 0 Å². The second-order valence-electron chi connectivity index (χ2n) is 6.77. The zero-order valence-corrected chi connectivity index (χ0v) is 15.4. The van der Waals surface area contributed by atoms with Gasteiger partial charge in [0.2, 0.25) is 0 Å². The normalized spacial score (nSPS) is 12.0. The van der Waals surface area contributed by atoms with Crippen molar-refractivity contribution >= 4 is 0 Å². The van der Waals surface area contributed by atoms with Crippen LogP contribution >= 0.6 is 0 Å². The van der Waals surface area contributed by atoms with Crippen LogP contribution in [0.1, 0.15) is 117 Å². The van der Waals surface area contributed by atoms with Crippen LogP contribution in [0.4, 0.5) is 0 Å². The molecule has 0 bridgehead atoms. The van der Waals surface area contributed by atoms with Gasteiger partial charge in [0.05, 0.1) is 0 Å². The molecule has 0 atom stereocenters. The van der Waals surface area contributed by atoms with E-state index < -0.39 is 0 Å². The summed E-state index contributed by atoms with van der Waals surface area (Å²) < 4.78 is 0. The molecule has 3 nitrogen and oxygen atoms in total. The fraction of sp³-hybridized carbons (Fsp3) is 1.00. The van der Waals surface area contributed by atoms with Crippen molar-refractivity contribution in [2.75, 3.05) is 0 Å². The van der Waals surface area contributed by atoms with E-state index in [4.69, 9.17) is 10.1 Å². The molecule has 0 saturated carbocycles. The maximum absolute atomic E-state index is 8.80. The van der Waals surface area contributed by atoms with E-state index in [9.17, 15) is 0 Å². The minimum atomic E-state index is -0.275. The monoisotopic (exact) mass is 316 g/mol. The van der Waals surface area contributed by atoms with Crippen molar-refractivity contribution in [2.24, 2.45) is 0 Å². The van der Waals surface area contributed by atoms with E-state index in [-0.39, 0.29) is 5.60 Å². The van der Waals surface area contributed by atoms with Crippen LogP contribution in [0.5, 0.6) is 0 Å². The van der Waals surface area contributed by atoms with Gasteiger partial charge in [0.25, 0.3) is 0 Å². The topological polar surface area (TPSA) is 38.7 Å². The largest absolute Gasteiger partial charge is 0.221 e. The molecule has 0 spiro atoms. The van der Waals surface area contributed by atoms with Gasteiger partial charge in [-0.05, 0) is 19.3 Å². The Labute approximate surface area is 138 Å². The molecule has 0 aromatic heterocycles. The molecule has 0 aliphatic carbocycles. The van der Waals surface area contributed by atoms with Crippen molar-refractivity contribution in [3.63, 3.8) is 0 Å². The minimum Gasteiger partial charge on any atom is -0.221 e. The van der Waals surface area contributed by atoms with E-state index in [0.717, 1.165) is 44.9 Å². The van der Waals surface area contributed by atoms with Gasteiger partial charge < -0.3 is 0 Å². The van der Waals surface area contributed by atoms with Gasteiger partial charge in [-0.3, -0.25) is 0 Å². The average Bonchev–Trinajstić information content (AvgIpc) is 2.53. The van der Waals surface area contributed by atoms with Crippen molar-refractivity contribution in [2.45, 2.75) is 123 Å². The summed E-state index contributed by atoms with van der Waals surface area (Å²) in [5, 5.41) is 12.9. The van der Waals surface area contributed by atoms with E-state index in [2.05, 4.69) is 25.8 Å². The summed E-state index contributed by atoms with van der Waals surface area (Å²) in [7, 11) is 0. The highest BCUT2D eigenvalue weighted by molar-refractivity contribution is 4.79. The van der Waals surface area contributed by atoms with Crippen molar-refractivity contribution < 1.29 is 15.2 Å². The molecule has 0 unspecified atom stereocenters. The van der Waals surface area contributed by atoms with E-state index in [1.165, 1.54) is 51.4 Å². The van der Waals surface area contributed by atoms with Crippen LogP contribution in [0, 0.1) is 0 Å². The van der Waals surface area contributed by atoms with Gasteiger partial charge in [-0.15, -0.1) is 0 Å². The lowest BCUT2D eigenvalue weighted by molar-refractivity contribution is -0.528. The maximum Gasteiger partial charge on any atom is 0.107 e. The van der Waals surface area contributed by atoms with Crippen LogP contribution in [-0.4, -0.2) is 10.9 Å². The first-order valence-electron chi connectivity index (χ1n) is 9.74. The van der Waals surface area contributed by atoms with Gasteiger partial charge in [-0.2, -0.15) is 4.89 Å². The second kappa shape index (κ2) is 15.8. The summed E-state index contributed by atoms with van der Waals surface area (Å²) in [5.74, 6) is 0. The predicted octanol–water partition coefficient (Wildman–Crippen LogP) is 7.06. The van der Waals surface area contributed by atoms with Gasteiger partial charge in [-0.25, -0.2) is 5.26 Å². The third-order valence-electron chi connectivity index (χ3n) is 4.67. The molecule has 0 aromatic carbocycles. The van der Waals surface area contributed by atoms with E-state index >= 15 is 0 Å². The van der Waals surface area contributed by atoms with Gasteiger partial charge in [-0.1, -0.05) is 103 Å². The number of hydrogen-bond acceptors (Lipinski definition) is 3. The summed E-state index contributed by atoms with van der Waals surface area (Å²) in [4.78, 5) is 5.35. The summed E-state index contributed by atoms with van der Waals surface area (Å²) in [6.45, 7) is 6.65. The summed E-state index contributed by atoms with van der Waals surface area (Å²) >= 11 is 0. The smallest absolute Gasteiger partial charge is 0.107 e. The first-order chi connectivity index (χ1) is 10.7. The van der Waals surface area contributed by atoms with Crippen molar-refractivity contribution in [3.05, 3.63) is 0 Å². The van der Waals surface area contributed by atoms with Gasteiger partial charge in [0.1, 0.15) is 5.60 Å². The average molecular weight is 317 g/mol. The minimum absolute atomic E-state index is 0.275. The molecular weight excluding hydrogens is 276 g/mol. The fourth-order valence-electron chi connectivity index (χ4n) is 3.16. The molecule has 0 saturated heterocycles. The molecule has 0 radical (unpaired) electrons. The Morgan fingerprint density at radius 1 is 0.591 bits per heavy atom. The third kappa shape index (κ3) is 11.4. The lowest BCUT2D eigenvalue weighted by Gasteiger charge is -2.31. The highest BCUT2D eigenvalue weighted by atomic mass is 17.5. The van der Waals surface area contributed by atoms with Crippen LogP contribution in [0.15, 0.2) is 0 Å². The Morgan fingerprint density at radius 2 is 1.00 bits per heavy atom. The SMILES string of the molecule is CCCCCCCCCCC(CCCC)(CCCC)OOO. The van der Waals surface area contributed by atoms with Crippen LogP contribution in [0.25, 0.3) is 0 Å². The standard InChI is InChI=1S/C19H40O3/c1-4-7-10-11-12-13-14-15-18-19(21-22-20,16-8-5-2)17-9-6-3/h20H,4-18H2,1-3H3. The predicted molar refractivity (Wildman–Crippen MR) is 93.8 cm³/mol. The molecule has 1 N–H and O–H groups in total. The summed E-state index contributed by atoms with van der Waals surface area (Å²) in [6.07, 6.45) is 18.1. The Hall–Kier alpha value is -0.120. The third-order valence-corrected chi connectivity index (χ3v) is 4.67. The Kier molecular flexibility index (Phi) is 15.7. The molecule has 0 aliphatic rings. The lowest BCUT2D eigenvalue weighted by atomic mass is 9.85. The first-order valence-corrected chi connectivity index (χ1v) is 9.74.